The second-order valence-electron chi connectivity index (χ2n) is 6.47. The number of para-hydroxylation sites is 1. The lowest BCUT2D eigenvalue weighted by molar-refractivity contribution is 0.238. The van der Waals surface area contributed by atoms with Crippen LogP contribution in [0.3, 0.4) is 0 Å². The van der Waals surface area contributed by atoms with Gasteiger partial charge in [-0.05, 0) is 41.8 Å². The molecule has 0 amide bonds. The Hall–Kier alpha value is -2.86. The first-order chi connectivity index (χ1) is 12.7. The van der Waals surface area contributed by atoms with Gasteiger partial charge in [-0.1, -0.05) is 12.1 Å². The van der Waals surface area contributed by atoms with Gasteiger partial charge in [0, 0.05) is 13.1 Å². The number of nitrogens with one attached hydrogen (secondary N) is 1. The molecular formula is C20H21N3O3. The molecule has 0 bridgehead atoms. The average Bonchev–Trinajstić information content (AvgIpc) is 2.67. The summed E-state index contributed by atoms with van der Waals surface area (Å²) in [5, 5.41) is 0.622. The summed E-state index contributed by atoms with van der Waals surface area (Å²) >= 11 is 0. The molecule has 3 aromatic rings. The van der Waals surface area contributed by atoms with E-state index >= 15 is 0 Å². The van der Waals surface area contributed by atoms with Crippen molar-refractivity contribution >= 4 is 10.9 Å². The van der Waals surface area contributed by atoms with Gasteiger partial charge in [-0.2, -0.15) is 0 Å². The first-order valence-electron chi connectivity index (χ1n) is 8.62. The number of fused-ring (bicyclic) bond motifs is 2. The highest BCUT2D eigenvalue weighted by Gasteiger charge is 2.20. The van der Waals surface area contributed by atoms with Gasteiger partial charge in [-0.25, -0.2) is 4.98 Å². The van der Waals surface area contributed by atoms with Gasteiger partial charge in [0.1, 0.15) is 5.82 Å². The Morgan fingerprint density at radius 2 is 1.85 bits per heavy atom. The summed E-state index contributed by atoms with van der Waals surface area (Å²) in [5.74, 6) is 2.20. The van der Waals surface area contributed by atoms with Crippen molar-refractivity contribution in [3.63, 3.8) is 0 Å². The van der Waals surface area contributed by atoms with Crippen LogP contribution in [-0.2, 0) is 19.5 Å². The summed E-state index contributed by atoms with van der Waals surface area (Å²) in [5.41, 5.74) is 3.14. The van der Waals surface area contributed by atoms with Crippen LogP contribution in [0.1, 0.15) is 17.0 Å². The first kappa shape index (κ1) is 16.6. The second-order valence-corrected chi connectivity index (χ2v) is 6.47. The number of aromatic nitrogens is 2. The zero-order valence-corrected chi connectivity index (χ0v) is 14.9. The van der Waals surface area contributed by atoms with Gasteiger partial charge >= 0.3 is 0 Å². The van der Waals surface area contributed by atoms with Gasteiger partial charge in [0.05, 0.1) is 31.7 Å². The Balaban J connectivity index is 1.59. The van der Waals surface area contributed by atoms with Crippen molar-refractivity contribution in [2.45, 2.75) is 19.5 Å². The standard InChI is InChI=1S/C20H21N3O3/c1-25-17-9-13-7-8-23(11-14(13)10-18(17)26-2)12-19-21-16-6-4-3-5-15(16)20(24)22-19/h3-6,9-10H,7-8,11-12H2,1-2H3,(H,21,22,24). The van der Waals surface area contributed by atoms with Gasteiger partial charge in [0.2, 0.25) is 0 Å². The first-order valence-corrected chi connectivity index (χ1v) is 8.62. The third-order valence-electron chi connectivity index (χ3n) is 4.83. The van der Waals surface area contributed by atoms with Crippen LogP contribution in [0.4, 0.5) is 0 Å². The molecule has 0 radical (unpaired) electrons. The zero-order chi connectivity index (χ0) is 18.1. The SMILES string of the molecule is COc1cc2c(cc1OC)CN(Cc1nc3ccccc3c(=O)[nH]1)CC2. The van der Waals surface area contributed by atoms with Crippen molar-refractivity contribution in [2.24, 2.45) is 0 Å². The highest BCUT2D eigenvalue weighted by atomic mass is 16.5. The fourth-order valence-corrected chi connectivity index (χ4v) is 3.50. The van der Waals surface area contributed by atoms with E-state index in [4.69, 9.17) is 9.47 Å². The minimum absolute atomic E-state index is 0.0885. The van der Waals surface area contributed by atoms with Crippen molar-refractivity contribution in [1.29, 1.82) is 0 Å². The second kappa shape index (κ2) is 6.80. The molecule has 6 nitrogen and oxygen atoms in total. The van der Waals surface area contributed by atoms with Gasteiger partial charge in [-0.3, -0.25) is 9.69 Å². The number of rotatable bonds is 4. The third-order valence-corrected chi connectivity index (χ3v) is 4.83. The number of hydrogen-bond acceptors (Lipinski definition) is 5. The number of hydrogen-bond donors (Lipinski definition) is 1. The van der Waals surface area contributed by atoms with Crippen molar-refractivity contribution in [3.05, 3.63) is 63.7 Å². The number of nitrogens with zero attached hydrogens (tertiary/aromatic N) is 2. The molecule has 2 heterocycles. The van der Waals surface area contributed by atoms with Crippen LogP contribution in [0.2, 0.25) is 0 Å². The van der Waals surface area contributed by atoms with Gasteiger partial charge in [0.25, 0.3) is 5.56 Å². The molecule has 0 saturated carbocycles. The fourth-order valence-electron chi connectivity index (χ4n) is 3.50. The minimum Gasteiger partial charge on any atom is -0.493 e. The number of H-pyrrole nitrogens is 1. The van der Waals surface area contributed by atoms with E-state index in [0.717, 1.165) is 36.5 Å². The Labute approximate surface area is 151 Å². The van der Waals surface area contributed by atoms with Crippen molar-refractivity contribution in [1.82, 2.24) is 14.9 Å². The smallest absolute Gasteiger partial charge is 0.258 e. The van der Waals surface area contributed by atoms with Crippen LogP contribution in [0.15, 0.2) is 41.2 Å². The summed E-state index contributed by atoms with van der Waals surface area (Å²) in [4.78, 5) is 22.0. The number of aromatic amines is 1. The predicted molar refractivity (Wildman–Crippen MR) is 99.7 cm³/mol. The molecule has 0 spiro atoms. The van der Waals surface area contributed by atoms with E-state index in [2.05, 4.69) is 20.9 Å². The van der Waals surface area contributed by atoms with Crippen LogP contribution in [0, 0.1) is 0 Å². The largest absolute Gasteiger partial charge is 0.493 e. The lowest BCUT2D eigenvalue weighted by Gasteiger charge is -2.29. The normalized spacial score (nSPS) is 14.2. The minimum atomic E-state index is -0.0885. The van der Waals surface area contributed by atoms with E-state index in [-0.39, 0.29) is 5.56 Å². The molecule has 0 atom stereocenters. The summed E-state index contributed by atoms with van der Waals surface area (Å²) in [7, 11) is 3.30. The Morgan fingerprint density at radius 3 is 2.62 bits per heavy atom. The Morgan fingerprint density at radius 1 is 1.12 bits per heavy atom. The molecule has 4 rings (SSSR count). The molecule has 134 valence electrons. The lowest BCUT2D eigenvalue weighted by atomic mass is 9.99. The molecular weight excluding hydrogens is 330 g/mol. The molecule has 0 aliphatic carbocycles. The average molecular weight is 351 g/mol. The molecule has 0 saturated heterocycles. The van der Waals surface area contributed by atoms with Crippen LogP contribution in [-0.4, -0.2) is 35.6 Å². The summed E-state index contributed by atoms with van der Waals surface area (Å²) in [6.07, 6.45) is 0.924. The molecule has 1 N–H and O–H groups in total. The van der Waals surface area contributed by atoms with Crippen molar-refractivity contribution in [3.8, 4) is 11.5 Å². The number of benzene rings is 2. The number of methoxy groups -OCH3 is 2. The summed E-state index contributed by atoms with van der Waals surface area (Å²) in [6.45, 7) is 2.29. The van der Waals surface area contributed by atoms with Gasteiger partial charge in [0.15, 0.2) is 11.5 Å². The molecule has 6 heteroatoms. The molecule has 1 aliphatic heterocycles. The van der Waals surface area contributed by atoms with E-state index in [1.54, 1.807) is 20.3 Å². The lowest BCUT2D eigenvalue weighted by Crippen LogP contribution is -2.31. The van der Waals surface area contributed by atoms with Crippen LogP contribution >= 0.6 is 0 Å². The number of ether oxygens (including phenoxy) is 2. The van der Waals surface area contributed by atoms with Crippen molar-refractivity contribution in [2.75, 3.05) is 20.8 Å². The van der Waals surface area contributed by atoms with Crippen molar-refractivity contribution < 1.29 is 9.47 Å². The van der Waals surface area contributed by atoms with E-state index in [1.807, 2.05) is 24.3 Å². The van der Waals surface area contributed by atoms with E-state index in [0.29, 0.717) is 17.8 Å². The summed E-state index contributed by atoms with van der Waals surface area (Å²) in [6, 6.07) is 11.5. The van der Waals surface area contributed by atoms with Crippen LogP contribution in [0.5, 0.6) is 11.5 Å². The quantitative estimate of drug-likeness (QED) is 0.782. The molecule has 0 unspecified atom stereocenters. The maximum atomic E-state index is 12.2. The van der Waals surface area contributed by atoms with Gasteiger partial charge < -0.3 is 14.5 Å². The van der Waals surface area contributed by atoms with E-state index < -0.39 is 0 Å². The van der Waals surface area contributed by atoms with E-state index in [1.165, 1.54) is 11.1 Å². The van der Waals surface area contributed by atoms with Crippen LogP contribution in [0.25, 0.3) is 10.9 Å². The molecule has 1 aromatic heterocycles. The zero-order valence-electron chi connectivity index (χ0n) is 14.9. The Kier molecular flexibility index (Phi) is 4.34. The highest BCUT2D eigenvalue weighted by molar-refractivity contribution is 5.77. The molecule has 26 heavy (non-hydrogen) atoms. The van der Waals surface area contributed by atoms with E-state index in [9.17, 15) is 4.79 Å². The predicted octanol–water partition coefficient (Wildman–Crippen LogP) is 2.50. The molecule has 1 aliphatic rings. The third kappa shape index (κ3) is 3.04. The monoisotopic (exact) mass is 351 g/mol. The topological polar surface area (TPSA) is 67.5 Å². The maximum absolute atomic E-state index is 12.2. The van der Waals surface area contributed by atoms with Crippen LogP contribution < -0.4 is 15.0 Å². The highest BCUT2D eigenvalue weighted by Crippen LogP contribution is 2.33. The Bertz CT molecular complexity index is 1010. The van der Waals surface area contributed by atoms with Gasteiger partial charge in [-0.15, -0.1) is 0 Å². The molecule has 2 aromatic carbocycles. The summed E-state index contributed by atoms with van der Waals surface area (Å²) < 4.78 is 10.8. The maximum Gasteiger partial charge on any atom is 0.258 e. The molecule has 0 fully saturated rings. The fraction of sp³-hybridized carbons (Fsp3) is 0.300.